The van der Waals surface area contributed by atoms with E-state index >= 15 is 0 Å². The number of aryl methyl sites for hydroxylation is 1. The molecular formula is C15H22N2O3S. The van der Waals surface area contributed by atoms with Crippen LogP contribution in [0, 0.1) is 24.2 Å². The zero-order valence-electron chi connectivity index (χ0n) is 12.8. The molecule has 1 aromatic rings. The summed E-state index contributed by atoms with van der Waals surface area (Å²) in [6.45, 7) is 7.18. The number of nitrogens with zero attached hydrogens (tertiary/aromatic N) is 1. The van der Waals surface area contributed by atoms with Crippen LogP contribution in [0.15, 0.2) is 23.1 Å². The summed E-state index contributed by atoms with van der Waals surface area (Å²) in [5.41, 5.74) is -0.0434. The molecule has 5 nitrogen and oxygen atoms in total. The molecule has 2 N–H and O–H groups in total. The van der Waals surface area contributed by atoms with Crippen molar-refractivity contribution < 1.29 is 13.5 Å². The third-order valence-electron chi connectivity index (χ3n) is 3.12. The Hall–Kier alpha value is -1.42. The van der Waals surface area contributed by atoms with Gasteiger partial charge in [-0.05, 0) is 49.9 Å². The fraction of sp³-hybridized carbons (Fsp3) is 0.533. The van der Waals surface area contributed by atoms with Gasteiger partial charge in [0.1, 0.15) is 0 Å². The zero-order chi connectivity index (χ0) is 16.3. The molecule has 1 atom stereocenters. The van der Waals surface area contributed by atoms with Crippen LogP contribution in [0.5, 0.6) is 0 Å². The van der Waals surface area contributed by atoms with Crippen LogP contribution in [-0.4, -0.2) is 25.7 Å². The highest BCUT2D eigenvalue weighted by molar-refractivity contribution is 7.89. The molecular weight excluding hydrogens is 288 g/mol. The Labute approximate surface area is 126 Å². The molecule has 0 aliphatic rings. The molecule has 0 saturated heterocycles. The molecule has 21 heavy (non-hydrogen) atoms. The van der Waals surface area contributed by atoms with E-state index in [9.17, 15) is 13.5 Å². The van der Waals surface area contributed by atoms with Gasteiger partial charge in [0.05, 0.1) is 22.1 Å². The first-order valence-corrected chi connectivity index (χ1v) is 8.28. The molecule has 0 saturated carbocycles. The minimum Gasteiger partial charge on any atom is -0.389 e. The van der Waals surface area contributed by atoms with Gasteiger partial charge in [-0.2, -0.15) is 5.26 Å². The molecule has 0 spiro atoms. The van der Waals surface area contributed by atoms with Crippen LogP contribution >= 0.6 is 0 Å². The molecule has 1 unspecified atom stereocenters. The summed E-state index contributed by atoms with van der Waals surface area (Å²) < 4.78 is 26.8. The van der Waals surface area contributed by atoms with Crippen molar-refractivity contribution in [3.8, 4) is 6.07 Å². The van der Waals surface area contributed by atoms with Crippen LogP contribution < -0.4 is 4.72 Å². The lowest BCUT2D eigenvalue weighted by Crippen LogP contribution is -2.41. The molecule has 0 aliphatic heterocycles. The molecule has 116 valence electrons. The lowest BCUT2D eigenvalue weighted by atomic mass is 9.95. The fourth-order valence-corrected chi connectivity index (χ4v) is 3.46. The third-order valence-corrected chi connectivity index (χ3v) is 4.52. The minimum atomic E-state index is -3.70. The number of sulfonamides is 1. The Morgan fingerprint density at radius 3 is 2.52 bits per heavy atom. The Morgan fingerprint density at radius 1 is 1.43 bits per heavy atom. The van der Waals surface area contributed by atoms with Crippen molar-refractivity contribution in [2.75, 3.05) is 6.54 Å². The van der Waals surface area contributed by atoms with Crippen molar-refractivity contribution >= 4 is 10.0 Å². The highest BCUT2D eigenvalue weighted by Gasteiger charge is 2.25. The Balaban J connectivity index is 2.88. The van der Waals surface area contributed by atoms with Gasteiger partial charge in [0.15, 0.2) is 0 Å². The maximum Gasteiger partial charge on any atom is 0.240 e. The van der Waals surface area contributed by atoms with Gasteiger partial charge < -0.3 is 5.11 Å². The number of hydrogen-bond acceptors (Lipinski definition) is 4. The molecule has 1 rings (SSSR count). The predicted octanol–water partition coefficient (Wildman–Crippen LogP) is 1.94. The average molecular weight is 310 g/mol. The normalized spacial score (nSPS) is 14.7. The molecule has 0 fully saturated rings. The first kappa shape index (κ1) is 17.6. The monoisotopic (exact) mass is 310 g/mol. The molecule has 1 aromatic carbocycles. The van der Waals surface area contributed by atoms with Crippen molar-refractivity contribution in [3.63, 3.8) is 0 Å². The van der Waals surface area contributed by atoms with Gasteiger partial charge in [0.2, 0.25) is 10.0 Å². The number of benzene rings is 1. The smallest absolute Gasteiger partial charge is 0.240 e. The lowest BCUT2D eigenvalue weighted by molar-refractivity contribution is 0.0437. The fourth-order valence-electron chi connectivity index (χ4n) is 2.21. The Morgan fingerprint density at radius 2 is 2.05 bits per heavy atom. The summed E-state index contributed by atoms with van der Waals surface area (Å²) in [6.07, 6.45) is 0.502. The zero-order valence-corrected chi connectivity index (χ0v) is 13.7. The second-order valence-electron chi connectivity index (χ2n) is 6.01. The SMILES string of the molecule is Cc1cc(S(=O)(=O)NCC(C)(O)CC(C)C)ccc1C#N. The molecule has 6 heteroatoms. The van der Waals surface area contributed by atoms with Crippen LogP contribution in [-0.2, 0) is 10.0 Å². The summed E-state index contributed by atoms with van der Waals surface area (Å²) in [6, 6.07) is 6.33. The van der Waals surface area contributed by atoms with Crippen LogP contribution in [0.2, 0.25) is 0 Å². The van der Waals surface area contributed by atoms with Crippen molar-refractivity contribution in [1.29, 1.82) is 5.26 Å². The van der Waals surface area contributed by atoms with E-state index < -0.39 is 15.6 Å². The first-order chi connectivity index (χ1) is 9.57. The average Bonchev–Trinajstić information content (AvgIpc) is 2.35. The van der Waals surface area contributed by atoms with Gasteiger partial charge in [-0.1, -0.05) is 13.8 Å². The standard InChI is InChI=1S/C15H22N2O3S/c1-11(2)8-15(4,18)10-17-21(19,20)14-6-5-13(9-16)12(3)7-14/h5-7,11,17-18H,8,10H2,1-4H3. The van der Waals surface area contributed by atoms with Crippen molar-refractivity contribution in [3.05, 3.63) is 29.3 Å². The lowest BCUT2D eigenvalue weighted by Gasteiger charge is -2.25. The molecule has 0 aromatic heterocycles. The van der Waals surface area contributed by atoms with Gasteiger partial charge in [-0.25, -0.2) is 13.1 Å². The summed E-state index contributed by atoms with van der Waals surface area (Å²) in [5, 5.41) is 19.0. The molecule has 0 heterocycles. The number of hydrogen-bond donors (Lipinski definition) is 2. The van der Waals surface area contributed by atoms with E-state index in [1.165, 1.54) is 18.2 Å². The van der Waals surface area contributed by atoms with Crippen LogP contribution in [0.3, 0.4) is 0 Å². The second kappa shape index (κ2) is 6.56. The number of rotatable bonds is 6. The van der Waals surface area contributed by atoms with Crippen molar-refractivity contribution in [2.45, 2.75) is 44.6 Å². The maximum absolute atomic E-state index is 12.2. The van der Waals surface area contributed by atoms with E-state index in [0.29, 0.717) is 17.5 Å². The third kappa shape index (κ3) is 5.12. The van der Waals surface area contributed by atoms with Crippen molar-refractivity contribution in [1.82, 2.24) is 4.72 Å². The Kier molecular flexibility index (Phi) is 5.51. The number of aliphatic hydroxyl groups is 1. The van der Waals surface area contributed by atoms with Gasteiger partial charge >= 0.3 is 0 Å². The summed E-state index contributed by atoms with van der Waals surface area (Å²) in [5.74, 6) is 0.265. The van der Waals surface area contributed by atoms with E-state index in [-0.39, 0.29) is 17.4 Å². The quantitative estimate of drug-likeness (QED) is 0.840. The number of nitriles is 1. The van der Waals surface area contributed by atoms with E-state index in [2.05, 4.69) is 4.72 Å². The topological polar surface area (TPSA) is 90.2 Å². The summed E-state index contributed by atoms with van der Waals surface area (Å²) in [4.78, 5) is 0.0966. The minimum absolute atomic E-state index is 0.0490. The van der Waals surface area contributed by atoms with E-state index in [0.717, 1.165) is 0 Å². The van der Waals surface area contributed by atoms with Crippen LogP contribution in [0.25, 0.3) is 0 Å². The largest absolute Gasteiger partial charge is 0.389 e. The second-order valence-corrected chi connectivity index (χ2v) is 7.77. The molecule has 0 aliphatic carbocycles. The molecule has 0 bridgehead atoms. The Bertz CT molecular complexity index is 643. The maximum atomic E-state index is 12.2. The summed E-state index contributed by atoms with van der Waals surface area (Å²) >= 11 is 0. The molecule has 0 radical (unpaired) electrons. The predicted molar refractivity (Wildman–Crippen MR) is 81.2 cm³/mol. The van der Waals surface area contributed by atoms with Gasteiger partial charge in [-0.3, -0.25) is 0 Å². The van der Waals surface area contributed by atoms with Gasteiger partial charge in [-0.15, -0.1) is 0 Å². The highest BCUT2D eigenvalue weighted by Crippen LogP contribution is 2.18. The van der Waals surface area contributed by atoms with E-state index in [1.807, 2.05) is 19.9 Å². The highest BCUT2D eigenvalue weighted by atomic mass is 32.2. The van der Waals surface area contributed by atoms with Crippen molar-refractivity contribution in [2.24, 2.45) is 5.92 Å². The van der Waals surface area contributed by atoms with Gasteiger partial charge in [0.25, 0.3) is 0 Å². The van der Waals surface area contributed by atoms with Gasteiger partial charge in [0, 0.05) is 6.54 Å². The van der Waals surface area contributed by atoms with Crippen LogP contribution in [0.4, 0.5) is 0 Å². The number of nitrogens with one attached hydrogen (secondary N) is 1. The van der Waals surface area contributed by atoms with E-state index in [4.69, 9.17) is 5.26 Å². The molecule has 0 amide bonds. The first-order valence-electron chi connectivity index (χ1n) is 6.80. The summed E-state index contributed by atoms with van der Waals surface area (Å²) in [7, 11) is -3.70. The van der Waals surface area contributed by atoms with Crippen LogP contribution in [0.1, 0.15) is 38.3 Å². The van der Waals surface area contributed by atoms with E-state index in [1.54, 1.807) is 13.8 Å².